The van der Waals surface area contributed by atoms with E-state index in [0.29, 0.717) is 42.7 Å². The summed E-state index contributed by atoms with van der Waals surface area (Å²) < 4.78 is 0.409. The predicted molar refractivity (Wildman–Crippen MR) is 102 cm³/mol. The van der Waals surface area contributed by atoms with Crippen molar-refractivity contribution in [2.45, 2.75) is 51.6 Å². The summed E-state index contributed by atoms with van der Waals surface area (Å²) in [4.78, 5) is 36.9. The van der Waals surface area contributed by atoms with Crippen LogP contribution in [0.5, 0.6) is 0 Å². The van der Waals surface area contributed by atoms with Gasteiger partial charge in [0.25, 0.3) is 0 Å². The molecule has 138 valence electrons. The molecule has 0 aliphatic carbocycles. The van der Waals surface area contributed by atoms with E-state index in [-0.39, 0.29) is 24.1 Å². The van der Waals surface area contributed by atoms with Crippen LogP contribution in [0.15, 0.2) is 0 Å². The molecule has 2 atom stereocenters. The average Bonchev–Trinajstić information content (AvgIpc) is 2.55. The van der Waals surface area contributed by atoms with Crippen LogP contribution in [-0.2, 0) is 14.4 Å². The van der Waals surface area contributed by atoms with Crippen molar-refractivity contribution < 1.29 is 14.4 Å². The van der Waals surface area contributed by atoms with Gasteiger partial charge in [-0.05, 0) is 26.7 Å². The highest BCUT2D eigenvalue weighted by molar-refractivity contribution is 14.1. The molecular weight excluding hydrogens is 427 g/mol. The normalized spacial score (nSPS) is 21.1. The number of hydrogen-bond donors (Lipinski definition) is 3. The number of hydrogen-bond acceptors (Lipinski definition) is 4. The van der Waals surface area contributed by atoms with Crippen molar-refractivity contribution in [1.82, 2.24) is 20.9 Å². The Bertz CT molecular complexity index is 424. The molecule has 8 heteroatoms. The zero-order chi connectivity index (χ0) is 17.9. The molecule has 1 saturated heterocycles. The van der Waals surface area contributed by atoms with Gasteiger partial charge in [0, 0.05) is 38.1 Å². The van der Waals surface area contributed by atoms with Crippen LogP contribution in [0.1, 0.15) is 39.5 Å². The summed E-state index contributed by atoms with van der Waals surface area (Å²) in [6.45, 7) is 5.87. The highest BCUT2D eigenvalue weighted by Gasteiger charge is 2.26. The molecule has 1 aliphatic heterocycles. The van der Waals surface area contributed by atoms with Crippen molar-refractivity contribution >= 4 is 40.3 Å². The number of carbonyl (C=O) groups excluding carboxylic acids is 3. The molecule has 0 aromatic rings. The number of rotatable bonds is 9. The van der Waals surface area contributed by atoms with Crippen LogP contribution in [-0.4, -0.2) is 65.3 Å². The van der Waals surface area contributed by atoms with Gasteiger partial charge < -0.3 is 16.0 Å². The Kier molecular flexibility index (Phi) is 10.2. The zero-order valence-corrected chi connectivity index (χ0v) is 16.7. The molecule has 7 nitrogen and oxygen atoms in total. The van der Waals surface area contributed by atoms with Gasteiger partial charge in [-0.15, -0.1) is 0 Å². The van der Waals surface area contributed by atoms with Crippen LogP contribution in [0.2, 0.25) is 0 Å². The van der Waals surface area contributed by atoms with Gasteiger partial charge in [-0.25, -0.2) is 0 Å². The fourth-order valence-corrected chi connectivity index (χ4v) is 3.13. The molecule has 0 aromatic heterocycles. The van der Waals surface area contributed by atoms with Crippen molar-refractivity contribution in [1.29, 1.82) is 0 Å². The fraction of sp³-hybridized carbons (Fsp3) is 0.812. The van der Waals surface area contributed by atoms with E-state index < -0.39 is 0 Å². The summed E-state index contributed by atoms with van der Waals surface area (Å²) in [5.41, 5.74) is 0. The molecular formula is C16H29IN4O3. The van der Waals surface area contributed by atoms with Crippen molar-refractivity contribution in [3.8, 4) is 0 Å². The molecule has 1 fully saturated rings. The molecule has 24 heavy (non-hydrogen) atoms. The molecule has 0 spiro atoms. The lowest BCUT2D eigenvalue weighted by Gasteiger charge is -2.38. The summed E-state index contributed by atoms with van der Waals surface area (Å²) in [7, 11) is 0. The van der Waals surface area contributed by atoms with Crippen LogP contribution in [0, 0.1) is 0 Å². The SMILES string of the molecule is [13CH3]C1CCC[13CH]([13CH3])[15N]1CC(=O)NCCC(=O)NCCNC(=O)CI. The van der Waals surface area contributed by atoms with Crippen LogP contribution in [0.4, 0.5) is 0 Å². The van der Waals surface area contributed by atoms with Gasteiger partial charge in [0.2, 0.25) is 17.7 Å². The first kappa shape index (κ1) is 21.1. The van der Waals surface area contributed by atoms with Gasteiger partial charge >= 0.3 is 0 Å². The highest BCUT2D eigenvalue weighted by atomic mass is 127. The Morgan fingerprint density at radius 1 is 0.917 bits per heavy atom. The lowest BCUT2D eigenvalue weighted by molar-refractivity contribution is -0.124. The second-order valence-corrected chi connectivity index (χ2v) is 7.00. The van der Waals surface area contributed by atoms with Gasteiger partial charge in [0.05, 0.1) is 11.0 Å². The first-order valence-electron chi connectivity index (χ1n) is 8.55. The number of amides is 3. The van der Waals surface area contributed by atoms with E-state index in [9.17, 15) is 14.4 Å². The molecule has 0 saturated carbocycles. The lowest BCUT2D eigenvalue weighted by Crippen LogP contribution is -2.49. The van der Waals surface area contributed by atoms with E-state index in [1.807, 2.05) is 22.6 Å². The van der Waals surface area contributed by atoms with Crippen molar-refractivity contribution in [3.63, 3.8) is 0 Å². The van der Waals surface area contributed by atoms with Gasteiger partial charge in [0.1, 0.15) is 0 Å². The Balaban J connectivity index is 2.11. The summed E-state index contributed by atoms with van der Waals surface area (Å²) in [6.07, 6.45) is 3.73. The monoisotopic (exact) mass is 456 g/mol. The highest BCUT2D eigenvalue weighted by Crippen LogP contribution is 2.21. The largest absolute Gasteiger partial charge is 0.354 e. The van der Waals surface area contributed by atoms with Crippen LogP contribution in [0.25, 0.3) is 0 Å². The third-order valence-corrected chi connectivity index (χ3v) is 4.96. The van der Waals surface area contributed by atoms with Gasteiger partial charge in [0.15, 0.2) is 0 Å². The predicted octanol–water partition coefficient (Wildman–Crippen LogP) is 0.423. The third kappa shape index (κ3) is 8.27. The number of halogens is 1. The van der Waals surface area contributed by atoms with Gasteiger partial charge in [-0.2, -0.15) is 0 Å². The Hall–Kier alpha value is -0.900. The first-order valence-corrected chi connectivity index (χ1v) is 10.1. The number of nitrogens with one attached hydrogen (secondary N) is 3. The van der Waals surface area contributed by atoms with Crippen LogP contribution < -0.4 is 16.0 Å². The number of piperidine rings is 1. The van der Waals surface area contributed by atoms with Crippen molar-refractivity contribution in [3.05, 3.63) is 0 Å². The number of nitrogens with zero attached hydrogens (tertiary/aromatic N) is 1. The molecule has 2 unspecified atom stereocenters. The zero-order valence-electron chi connectivity index (χ0n) is 14.6. The summed E-state index contributed by atoms with van der Waals surface area (Å²) in [6, 6.07) is 0.862. The number of alkyl halides is 1. The fourth-order valence-electron chi connectivity index (χ4n) is 2.86. The minimum atomic E-state index is -0.126. The Labute approximate surface area is 157 Å². The van der Waals surface area contributed by atoms with E-state index >= 15 is 0 Å². The van der Waals surface area contributed by atoms with Crippen LogP contribution in [0.3, 0.4) is 0 Å². The minimum absolute atomic E-state index is 0.0299. The standard InChI is InChI=1S/C16H29IN4O3/c1-12-4-3-5-13(2)21(12)11-16(24)18-7-6-14(22)19-8-9-20-15(23)10-17/h12-13H,3-11H2,1-2H3,(H,18,24)(H,19,22)(H,20,23)/i1+1,2+1,12+1,21+1. The summed E-state index contributed by atoms with van der Waals surface area (Å²) in [5, 5.41) is 8.20. The lowest BCUT2D eigenvalue weighted by atomic mass is 10.2. The van der Waals surface area contributed by atoms with Gasteiger partial charge in [-0.3, -0.25) is 19.3 Å². The van der Waals surface area contributed by atoms with E-state index in [4.69, 9.17) is 0 Å². The molecule has 0 radical (unpaired) electrons. The van der Waals surface area contributed by atoms with E-state index in [0.717, 1.165) is 12.8 Å². The smallest absolute Gasteiger partial charge is 0.234 e. The molecule has 1 heterocycles. The summed E-state index contributed by atoms with van der Waals surface area (Å²) in [5.74, 6) is -0.199. The molecule has 3 amide bonds. The molecule has 1 rings (SSSR count). The maximum absolute atomic E-state index is 12.0. The number of carbonyl (C=O) groups is 3. The molecule has 3 N–H and O–H groups in total. The second kappa shape index (κ2) is 11.6. The van der Waals surface area contributed by atoms with E-state index in [1.54, 1.807) is 0 Å². The first-order chi connectivity index (χ1) is 11.4. The summed E-state index contributed by atoms with van der Waals surface area (Å²) >= 11 is 1.98. The van der Waals surface area contributed by atoms with Crippen molar-refractivity contribution in [2.75, 3.05) is 30.6 Å². The quantitative estimate of drug-likeness (QED) is 0.154. The van der Waals surface area contributed by atoms with Gasteiger partial charge in [-0.1, -0.05) is 29.0 Å². The maximum atomic E-state index is 12.0. The van der Waals surface area contributed by atoms with Crippen LogP contribution >= 0.6 is 22.6 Å². The van der Waals surface area contributed by atoms with E-state index in [1.165, 1.54) is 6.42 Å². The maximum Gasteiger partial charge on any atom is 0.234 e. The Morgan fingerprint density at radius 2 is 1.46 bits per heavy atom. The molecule has 0 aromatic carbocycles. The second-order valence-electron chi connectivity index (χ2n) is 6.23. The number of likely N-dealkylation sites (tertiary alicyclic amines) is 1. The van der Waals surface area contributed by atoms with Crippen molar-refractivity contribution in [2.24, 2.45) is 0 Å². The minimum Gasteiger partial charge on any atom is -0.354 e. The molecule has 0 bridgehead atoms. The third-order valence-electron chi connectivity index (χ3n) is 4.27. The van der Waals surface area contributed by atoms with E-state index in [2.05, 4.69) is 34.7 Å². The average molecular weight is 456 g/mol. The molecule has 1 aliphatic rings. The topological polar surface area (TPSA) is 90.5 Å². The Morgan fingerprint density at radius 3 is 2.04 bits per heavy atom.